The first-order valence-corrected chi connectivity index (χ1v) is 9.11. The third kappa shape index (κ3) is 5.11. The van der Waals surface area contributed by atoms with Gasteiger partial charge in [0, 0.05) is 56.8 Å². The lowest BCUT2D eigenvalue weighted by molar-refractivity contribution is 0.0904. The van der Waals surface area contributed by atoms with Crippen LogP contribution >= 0.6 is 0 Å². The molecule has 0 aliphatic carbocycles. The Morgan fingerprint density at radius 2 is 2.04 bits per heavy atom. The molecule has 1 radical (unpaired) electrons. The molecule has 1 aromatic rings. The van der Waals surface area contributed by atoms with Crippen LogP contribution in [0.15, 0.2) is 18.2 Å². The van der Waals surface area contributed by atoms with E-state index in [4.69, 9.17) is 4.74 Å². The van der Waals surface area contributed by atoms with Crippen molar-refractivity contribution in [3.05, 3.63) is 24.3 Å². The first-order valence-electron chi connectivity index (χ1n) is 9.11. The molecule has 127 valence electrons. The number of likely N-dealkylation sites (N-methyl/N-ethyl adjacent to an activating group) is 1. The summed E-state index contributed by atoms with van der Waals surface area (Å²) in [6, 6.07) is 10.3. The quantitative estimate of drug-likeness (QED) is 0.873. The van der Waals surface area contributed by atoms with E-state index in [0.29, 0.717) is 6.04 Å². The first-order chi connectivity index (χ1) is 11.3. The fourth-order valence-corrected chi connectivity index (χ4v) is 3.44. The molecule has 2 heterocycles. The lowest BCUT2D eigenvalue weighted by atomic mass is 10.1. The molecule has 0 saturated carbocycles. The molecular formula is C19H30N3O. The maximum Gasteiger partial charge on any atom is 0.0485 e. The average molecular weight is 316 g/mol. The molecule has 0 spiro atoms. The highest BCUT2D eigenvalue weighted by Gasteiger charge is 2.14. The number of nitrogens with one attached hydrogen (secondary N) is 1. The summed E-state index contributed by atoms with van der Waals surface area (Å²) in [6.07, 6.45) is 6.31. The van der Waals surface area contributed by atoms with Crippen molar-refractivity contribution in [3.8, 4) is 0 Å². The zero-order chi connectivity index (χ0) is 15.9. The summed E-state index contributed by atoms with van der Waals surface area (Å²) < 4.78 is 5.43. The second-order valence-electron chi connectivity index (χ2n) is 6.82. The average Bonchev–Trinajstić information content (AvgIpc) is 2.62. The number of anilines is 2. The fraction of sp³-hybridized carbons (Fsp3) is 0.684. The van der Waals surface area contributed by atoms with Crippen LogP contribution in [0.5, 0.6) is 0 Å². The number of nitrogens with zero attached hydrogens (tertiary/aromatic N) is 2. The summed E-state index contributed by atoms with van der Waals surface area (Å²) in [5.74, 6) is 0. The van der Waals surface area contributed by atoms with Gasteiger partial charge in [0.15, 0.2) is 0 Å². The highest BCUT2D eigenvalue weighted by molar-refractivity contribution is 5.57. The molecule has 2 fully saturated rings. The van der Waals surface area contributed by atoms with E-state index in [1.165, 1.54) is 38.0 Å². The molecule has 4 heteroatoms. The van der Waals surface area contributed by atoms with Crippen LogP contribution in [-0.4, -0.2) is 57.4 Å². The van der Waals surface area contributed by atoms with Crippen LogP contribution in [-0.2, 0) is 4.74 Å². The molecule has 0 amide bonds. The third-order valence-electron chi connectivity index (χ3n) is 5.01. The maximum absolute atomic E-state index is 5.43. The maximum atomic E-state index is 5.43. The molecule has 2 saturated heterocycles. The van der Waals surface area contributed by atoms with Crippen molar-refractivity contribution < 1.29 is 4.74 Å². The predicted molar refractivity (Wildman–Crippen MR) is 96.3 cm³/mol. The number of piperidine rings is 1. The highest BCUT2D eigenvalue weighted by atomic mass is 16.5. The monoisotopic (exact) mass is 316 g/mol. The minimum atomic E-state index is 0.522. The van der Waals surface area contributed by atoms with Crippen LogP contribution < -0.4 is 10.2 Å². The molecule has 1 N–H and O–H groups in total. The zero-order valence-electron chi connectivity index (χ0n) is 14.4. The van der Waals surface area contributed by atoms with E-state index in [0.717, 1.165) is 44.8 Å². The van der Waals surface area contributed by atoms with Gasteiger partial charge in [0.1, 0.15) is 0 Å². The molecule has 4 nitrogen and oxygen atoms in total. The number of likely N-dealkylation sites (tertiary alicyclic amines) is 1. The molecule has 2 aliphatic rings. The van der Waals surface area contributed by atoms with Crippen molar-refractivity contribution >= 4 is 11.4 Å². The second kappa shape index (κ2) is 8.55. The number of hydrogen-bond acceptors (Lipinski definition) is 4. The molecule has 0 aromatic heterocycles. The summed E-state index contributed by atoms with van der Waals surface area (Å²) in [4.78, 5) is 4.95. The Hall–Kier alpha value is -1.26. The lowest BCUT2D eigenvalue weighted by Crippen LogP contribution is -2.36. The normalized spacial score (nSPS) is 20.4. The molecule has 3 rings (SSSR count). The lowest BCUT2D eigenvalue weighted by Gasteiger charge is -2.29. The molecule has 1 aromatic carbocycles. The van der Waals surface area contributed by atoms with Gasteiger partial charge >= 0.3 is 0 Å². The van der Waals surface area contributed by atoms with Gasteiger partial charge in [0.25, 0.3) is 0 Å². The summed E-state index contributed by atoms with van der Waals surface area (Å²) in [5, 5.41) is 3.61. The summed E-state index contributed by atoms with van der Waals surface area (Å²) in [6.45, 7) is 6.53. The van der Waals surface area contributed by atoms with Gasteiger partial charge in [-0.05, 0) is 50.9 Å². The van der Waals surface area contributed by atoms with Gasteiger partial charge in [-0.15, -0.1) is 0 Å². The number of benzene rings is 1. The fourth-order valence-electron chi connectivity index (χ4n) is 3.44. The van der Waals surface area contributed by atoms with Gasteiger partial charge in [-0.2, -0.15) is 0 Å². The highest BCUT2D eigenvalue weighted by Crippen LogP contribution is 2.21. The summed E-state index contributed by atoms with van der Waals surface area (Å²) in [5.41, 5.74) is 2.38. The number of ether oxygens (including phenoxy) is 1. The van der Waals surface area contributed by atoms with Crippen LogP contribution in [0.25, 0.3) is 0 Å². The van der Waals surface area contributed by atoms with Gasteiger partial charge in [-0.3, -0.25) is 0 Å². The van der Waals surface area contributed by atoms with E-state index < -0.39 is 0 Å². The molecule has 2 aliphatic heterocycles. The largest absolute Gasteiger partial charge is 0.382 e. The van der Waals surface area contributed by atoms with E-state index in [2.05, 4.69) is 40.4 Å². The van der Waals surface area contributed by atoms with E-state index in [9.17, 15) is 0 Å². The third-order valence-corrected chi connectivity index (χ3v) is 5.01. The Bertz CT molecular complexity index is 467. The first kappa shape index (κ1) is 16.6. The van der Waals surface area contributed by atoms with Crippen molar-refractivity contribution in [2.24, 2.45) is 0 Å². The van der Waals surface area contributed by atoms with Crippen molar-refractivity contribution in [2.45, 2.75) is 38.1 Å². The molecule has 0 unspecified atom stereocenters. The Labute approximate surface area is 140 Å². The SMILES string of the molecule is CN(CCN1CCCCC1)c1cc[c]c(NC2CCOCC2)c1. The van der Waals surface area contributed by atoms with Crippen LogP contribution in [0.4, 0.5) is 11.4 Å². The van der Waals surface area contributed by atoms with E-state index in [1.807, 2.05) is 6.07 Å². The van der Waals surface area contributed by atoms with Crippen molar-refractivity contribution in [3.63, 3.8) is 0 Å². The van der Waals surface area contributed by atoms with Crippen molar-refractivity contribution in [2.75, 3.05) is 56.7 Å². The molecule has 0 bridgehead atoms. The zero-order valence-corrected chi connectivity index (χ0v) is 14.4. The predicted octanol–water partition coefficient (Wildman–Crippen LogP) is 3.00. The molecule has 0 atom stereocenters. The standard InChI is InChI=1S/C19H30N3O/c1-21(12-13-22-10-3-2-4-11-22)19-7-5-6-18(16-19)20-17-8-14-23-15-9-17/h5,7,16-17,20H,2-4,8-15H2,1H3. The number of rotatable bonds is 6. The second-order valence-corrected chi connectivity index (χ2v) is 6.82. The van der Waals surface area contributed by atoms with Crippen LogP contribution in [0.2, 0.25) is 0 Å². The number of hydrogen-bond donors (Lipinski definition) is 1. The Balaban J connectivity index is 1.50. The minimum Gasteiger partial charge on any atom is -0.382 e. The summed E-state index contributed by atoms with van der Waals surface area (Å²) >= 11 is 0. The topological polar surface area (TPSA) is 27.7 Å². The van der Waals surface area contributed by atoms with E-state index >= 15 is 0 Å². The summed E-state index contributed by atoms with van der Waals surface area (Å²) in [7, 11) is 2.19. The van der Waals surface area contributed by atoms with Gasteiger partial charge in [-0.25, -0.2) is 0 Å². The minimum absolute atomic E-state index is 0.522. The van der Waals surface area contributed by atoms with Crippen molar-refractivity contribution in [1.82, 2.24) is 4.90 Å². The molecule has 23 heavy (non-hydrogen) atoms. The van der Waals surface area contributed by atoms with Gasteiger partial charge in [-0.1, -0.05) is 12.5 Å². The Morgan fingerprint density at radius 1 is 1.26 bits per heavy atom. The smallest absolute Gasteiger partial charge is 0.0485 e. The molecular weight excluding hydrogens is 286 g/mol. The van der Waals surface area contributed by atoms with Crippen LogP contribution in [0.1, 0.15) is 32.1 Å². The van der Waals surface area contributed by atoms with E-state index in [1.54, 1.807) is 0 Å². The van der Waals surface area contributed by atoms with Gasteiger partial charge < -0.3 is 19.9 Å². The Kier molecular flexibility index (Phi) is 6.17. The van der Waals surface area contributed by atoms with Gasteiger partial charge in [0.05, 0.1) is 0 Å². The van der Waals surface area contributed by atoms with E-state index in [-0.39, 0.29) is 0 Å². The van der Waals surface area contributed by atoms with Crippen LogP contribution in [0, 0.1) is 6.07 Å². The van der Waals surface area contributed by atoms with Crippen LogP contribution in [0.3, 0.4) is 0 Å². The Morgan fingerprint density at radius 3 is 2.83 bits per heavy atom. The van der Waals surface area contributed by atoms with Crippen molar-refractivity contribution in [1.29, 1.82) is 0 Å². The van der Waals surface area contributed by atoms with Gasteiger partial charge in [0.2, 0.25) is 0 Å².